The minimum Gasteiger partial charge on any atom is -0.335 e. The molecule has 0 saturated carbocycles. The van der Waals surface area contributed by atoms with Gasteiger partial charge < -0.3 is 10.6 Å². The average Bonchev–Trinajstić information content (AvgIpc) is 2.23. The zero-order valence-electron chi connectivity index (χ0n) is 9.17. The van der Waals surface area contributed by atoms with Crippen LogP contribution >= 0.6 is 11.6 Å². The van der Waals surface area contributed by atoms with Crippen LogP contribution in [0.5, 0.6) is 0 Å². The summed E-state index contributed by atoms with van der Waals surface area (Å²) in [6.45, 7) is 0.677. The largest absolute Gasteiger partial charge is 0.416 e. The van der Waals surface area contributed by atoms with Gasteiger partial charge in [-0.3, -0.25) is 4.79 Å². The van der Waals surface area contributed by atoms with E-state index in [1.165, 1.54) is 4.90 Å². The van der Waals surface area contributed by atoms with Crippen molar-refractivity contribution in [2.75, 3.05) is 13.1 Å². The van der Waals surface area contributed by atoms with Crippen molar-refractivity contribution in [1.82, 2.24) is 4.90 Å². The maximum atomic E-state index is 12.5. The summed E-state index contributed by atoms with van der Waals surface area (Å²) in [4.78, 5) is 13.3. The highest BCUT2D eigenvalue weighted by Gasteiger charge is 2.34. The van der Waals surface area contributed by atoms with Gasteiger partial charge >= 0.3 is 6.18 Å². The number of amides is 1. The van der Waals surface area contributed by atoms with Crippen molar-refractivity contribution >= 4 is 17.5 Å². The Morgan fingerprint density at radius 3 is 2.50 bits per heavy atom. The van der Waals surface area contributed by atoms with Crippen LogP contribution in [-0.2, 0) is 6.18 Å². The van der Waals surface area contributed by atoms with Crippen LogP contribution < -0.4 is 5.73 Å². The van der Waals surface area contributed by atoms with Crippen molar-refractivity contribution in [3.63, 3.8) is 0 Å². The van der Waals surface area contributed by atoms with Gasteiger partial charge in [0.05, 0.1) is 16.1 Å². The van der Waals surface area contributed by atoms with Crippen molar-refractivity contribution in [3.05, 3.63) is 34.3 Å². The molecule has 18 heavy (non-hydrogen) atoms. The number of hydrogen-bond acceptors (Lipinski definition) is 2. The lowest BCUT2D eigenvalue weighted by atomic mass is 10.1. The van der Waals surface area contributed by atoms with Crippen LogP contribution in [-0.4, -0.2) is 29.9 Å². The Hall–Kier alpha value is -1.27. The van der Waals surface area contributed by atoms with Gasteiger partial charge in [-0.25, -0.2) is 0 Å². The predicted octanol–water partition coefficient (Wildman–Crippen LogP) is 2.14. The molecule has 1 heterocycles. The lowest BCUT2D eigenvalue weighted by Gasteiger charge is -2.37. The van der Waals surface area contributed by atoms with Crippen LogP contribution in [0.4, 0.5) is 13.2 Å². The predicted molar refractivity (Wildman–Crippen MR) is 60.3 cm³/mol. The molecule has 0 spiro atoms. The highest BCUT2D eigenvalue weighted by Crippen LogP contribution is 2.32. The standard InChI is InChI=1S/C11H10ClF3N2O/c12-9-2-1-6(11(13,14)15)3-8(9)10(18)17-4-7(16)5-17/h1-3,7H,4-5,16H2. The Kier molecular flexibility index (Phi) is 3.25. The minimum atomic E-state index is -4.50. The Morgan fingerprint density at radius 1 is 1.39 bits per heavy atom. The zero-order chi connectivity index (χ0) is 13.5. The Labute approximate surface area is 106 Å². The molecule has 1 fully saturated rings. The summed E-state index contributed by atoms with van der Waals surface area (Å²) in [5, 5.41) is 0.00784. The van der Waals surface area contributed by atoms with Crippen molar-refractivity contribution in [3.8, 4) is 0 Å². The van der Waals surface area contributed by atoms with E-state index in [1.54, 1.807) is 0 Å². The third-order valence-corrected chi connectivity index (χ3v) is 3.05. The van der Waals surface area contributed by atoms with E-state index in [-0.39, 0.29) is 16.6 Å². The molecule has 1 saturated heterocycles. The molecule has 2 rings (SSSR count). The smallest absolute Gasteiger partial charge is 0.335 e. The van der Waals surface area contributed by atoms with E-state index in [9.17, 15) is 18.0 Å². The van der Waals surface area contributed by atoms with E-state index in [2.05, 4.69) is 0 Å². The number of hydrogen-bond donors (Lipinski definition) is 1. The van der Waals surface area contributed by atoms with E-state index in [0.29, 0.717) is 13.1 Å². The van der Waals surface area contributed by atoms with E-state index in [1.807, 2.05) is 0 Å². The van der Waals surface area contributed by atoms with Gasteiger partial charge in [-0.1, -0.05) is 11.6 Å². The summed E-state index contributed by atoms with van der Waals surface area (Å²) >= 11 is 5.76. The third-order valence-electron chi connectivity index (χ3n) is 2.72. The highest BCUT2D eigenvalue weighted by molar-refractivity contribution is 6.33. The van der Waals surface area contributed by atoms with Gasteiger partial charge in [0, 0.05) is 19.1 Å². The highest BCUT2D eigenvalue weighted by atomic mass is 35.5. The van der Waals surface area contributed by atoms with E-state index in [0.717, 1.165) is 18.2 Å². The van der Waals surface area contributed by atoms with E-state index in [4.69, 9.17) is 17.3 Å². The summed E-state index contributed by atoms with van der Waals surface area (Å²) in [7, 11) is 0. The quantitative estimate of drug-likeness (QED) is 0.855. The number of halogens is 4. The van der Waals surface area contributed by atoms with Crippen molar-refractivity contribution in [1.29, 1.82) is 0 Å². The van der Waals surface area contributed by atoms with Gasteiger partial charge in [0.1, 0.15) is 0 Å². The van der Waals surface area contributed by atoms with Gasteiger partial charge in [0.25, 0.3) is 5.91 Å². The Balaban J connectivity index is 2.29. The molecule has 0 radical (unpaired) electrons. The van der Waals surface area contributed by atoms with Crippen LogP contribution in [0.2, 0.25) is 5.02 Å². The van der Waals surface area contributed by atoms with Gasteiger partial charge in [-0.05, 0) is 18.2 Å². The Morgan fingerprint density at radius 2 is 2.00 bits per heavy atom. The molecule has 98 valence electrons. The van der Waals surface area contributed by atoms with Crippen LogP contribution in [0.3, 0.4) is 0 Å². The lowest BCUT2D eigenvalue weighted by Crippen LogP contribution is -2.57. The van der Waals surface area contributed by atoms with Gasteiger partial charge in [-0.15, -0.1) is 0 Å². The summed E-state index contributed by atoms with van der Waals surface area (Å²) in [6.07, 6.45) is -4.50. The van der Waals surface area contributed by atoms with Crippen molar-refractivity contribution in [2.24, 2.45) is 5.73 Å². The van der Waals surface area contributed by atoms with Gasteiger partial charge in [-0.2, -0.15) is 13.2 Å². The van der Waals surface area contributed by atoms with Crippen LogP contribution in [0.15, 0.2) is 18.2 Å². The lowest BCUT2D eigenvalue weighted by molar-refractivity contribution is -0.137. The molecule has 1 aromatic rings. The maximum Gasteiger partial charge on any atom is 0.416 e. The number of carbonyl (C=O) groups excluding carboxylic acids is 1. The fraction of sp³-hybridized carbons (Fsp3) is 0.364. The SMILES string of the molecule is NC1CN(C(=O)c2cc(C(F)(F)F)ccc2Cl)C1. The third kappa shape index (κ3) is 2.44. The van der Waals surface area contributed by atoms with Crippen LogP contribution in [0, 0.1) is 0 Å². The molecule has 0 unspecified atom stereocenters. The number of nitrogens with two attached hydrogens (primary N) is 1. The average molecular weight is 279 g/mol. The molecular weight excluding hydrogens is 269 g/mol. The van der Waals surface area contributed by atoms with Gasteiger partial charge in [0.15, 0.2) is 0 Å². The first-order valence-corrected chi connectivity index (χ1v) is 5.58. The number of nitrogens with zero attached hydrogens (tertiary/aromatic N) is 1. The van der Waals surface area contributed by atoms with Crippen molar-refractivity contribution < 1.29 is 18.0 Å². The molecule has 7 heteroatoms. The fourth-order valence-electron chi connectivity index (χ4n) is 1.71. The van der Waals surface area contributed by atoms with Crippen molar-refractivity contribution in [2.45, 2.75) is 12.2 Å². The molecule has 0 bridgehead atoms. The first-order chi connectivity index (χ1) is 8.29. The molecular formula is C11H10ClF3N2O. The molecule has 0 aliphatic carbocycles. The molecule has 1 aromatic carbocycles. The second kappa shape index (κ2) is 4.44. The fourth-order valence-corrected chi connectivity index (χ4v) is 1.91. The van der Waals surface area contributed by atoms with Gasteiger partial charge in [0.2, 0.25) is 0 Å². The van der Waals surface area contributed by atoms with Crippen LogP contribution in [0.25, 0.3) is 0 Å². The topological polar surface area (TPSA) is 46.3 Å². The first-order valence-electron chi connectivity index (χ1n) is 5.20. The number of alkyl halides is 3. The monoisotopic (exact) mass is 278 g/mol. The normalized spacial score (nSPS) is 16.6. The second-order valence-corrected chi connectivity index (χ2v) is 4.57. The molecule has 1 amide bonds. The number of rotatable bonds is 1. The molecule has 1 aliphatic rings. The minimum absolute atomic E-state index is 0.00784. The first kappa shape index (κ1) is 13.2. The summed E-state index contributed by atoms with van der Waals surface area (Å²) in [6, 6.07) is 2.59. The molecule has 2 N–H and O–H groups in total. The van der Waals surface area contributed by atoms with E-state index >= 15 is 0 Å². The van der Waals surface area contributed by atoms with Crippen LogP contribution in [0.1, 0.15) is 15.9 Å². The zero-order valence-corrected chi connectivity index (χ0v) is 9.92. The molecule has 3 nitrogen and oxygen atoms in total. The number of carbonyl (C=O) groups is 1. The second-order valence-electron chi connectivity index (χ2n) is 4.16. The molecule has 0 aromatic heterocycles. The number of likely N-dealkylation sites (tertiary alicyclic amines) is 1. The number of benzene rings is 1. The van der Waals surface area contributed by atoms with E-state index < -0.39 is 17.6 Å². The summed E-state index contributed by atoms with van der Waals surface area (Å²) in [5.41, 5.74) is 4.49. The Bertz CT molecular complexity index is 484. The molecule has 1 aliphatic heterocycles. The molecule has 0 atom stereocenters. The summed E-state index contributed by atoms with van der Waals surface area (Å²) in [5.74, 6) is -0.521. The maximum absolute atomic E-state index is 12.5. The summed E-state index contributed by atoms with van der Waals surface area (Å²) < 4.78 is 37.6.